The lowest BCUT2D eigenvalue weighted by atomic mass is 10.1. The van der Waals surface area contributed by atoms with Gasteiger partial charge in [-0.3, -0.25) is 4.98 Å². The predicted molar refractivity (Wildman–Crippen MR) is 60.4 cm³/mol. The standard InChI is InChI=1S/C12H11FN2O3/c1-3-17-12(16)10-6-9(15-18-10)8-4-5-14-7(2)11(8)13/h4-6H,3H2,1-2H3. The maximum Gasteiger partial charge on any atom is 0.377 e. The van der Waals surface area contributed by atoms with Crippen LogP contribution in [0.3, 0.4) is 0 Å². The van der Waals surface area contributed by atoms with Gasteiger partial charge in [0.05, 0.1) is 12.3 Å². The average Bonchev–Trinajstić information content (AvgIpc) is 2.82. The molecule has 0 unspecified atom stereocenters. The smallest absolute Gasteiger partial charge is 0.377 e. The number of nitrogens with zero attached hydrogens (tertiary/aromatic N) is 2. The summed E-state index contributed by atoms with van der Waals surface area (Å²) in [6.45, 7) is 3.46. The van der Waals surface area contributed by atoms with Crippen LogP contribution in [-0.4, -0.2) is 22.7 Å². The van der Waals surface area contributed by atoms with Gasteiger partial charge in [0.2, 0.25) is 5.76 Å². The zero-order valence-electron chi connectivity index (χ0n) is 9.94. The molecular weight excluding hydrogens is 239 g/mol. The molecule has 5 nitrogen and oxygen atoms in total. The fourth-order valence-electron chi connectivity index (χ4n) is 1.45. The number of hydrogen-bond acceptors (Lipinski definition) is 5. The molecule has 0 saturated heterocycles. The van der Waals surface area contributed by atoms with E-state index in [-0.39, 0.29) is 29.3 Å². The molecule has 0 aliphatic carbocycles. The monoisotopic (exact) mass is 250 g/mol. The third-order valence-corrected chi connectivity index (χ3v) is 2.33. The summed E-state index contributed by atoms with van der Waals surface area (Å²) >= 11 is 0. The maximum atomic E-state index is 13.8. The Morgan fingerprint density at radius 3 is 3.06 bits per heavy atom. The van der Waals surface area contributed by atoms with Gasteiger partial charge in [0.1, 0.15) is 5.69 Å². The lowest BCUT2D eigenvalue weighted by molar-refractivity contribution is 0.0480. The van der Waals surface area contributed by atoms with Crippen LogP contribution in [0.2, 0.25) is 0 Å². The number of hydrogen-bond donors (Lipinski definition) is 0. The second kappa shape index (κ2) is 4.95. The molecule has 0 bridgehead atoms. The molecule has 94 valence electrons. The van der Waals surface area contributed by atoms with Gasteiger partial charge in [-0.15, -0.1) is 0 Å². The van der Waals surface area contributed by atoms with Crippen molar-refractivity contribution in [3.8, 4) is 11.3 Å². The topological polar surface area (TPSA) is 65.2 Å². The molecule has 2 aromatic rings. The highest BCUT2D eigenvalue weighted by Gasteiger charge is 2.17. The van der Waals surface area contributed by atoms with Gasteiger partial charge < -0.3 is 9.26 Å². The molecular formula is C12H11FN2O3. The van der Waals surface area contributed by atoms with Crippen LogP contribution in [0, 0.1) is 12.7 Å². The Kier molecular flexibility index (Phi) is 3.36. The molecule has 2 rings (SSSR count). The fourth-order valence-corrected chi connectivity index (χ4v) is 1.45. The number of esters is 1. The maximum absolute atomic E-state index is 13.8. The van der Waals surface area contributed by atoms with Gasteiger partial charge >= 0.3 is 5.97 Å². The highest BCUT2D eigenvalue weighted by Crippen LogP contribution is 2.23. The zero-order chi connectivity index (χ0) is 13.1. The Morgan fingerprint density at radius 1 is 1.56 bits per heavy atom. The van der Waals surface area contributed by atoms with E-state index in [1.165, 1.54) is 18.3 Å². The summed E-state index contributed by atoms with van der Waals surface area (Å²) in [6.07, 6.45) is 1.46. The van der Waals surface area contributed by atoms with E-state index in [0.29, 0.717) is 0 Å². The summed E-state index contributed by atoms with van der Waals surface area (Å²) in [5.74, 6) is -1.16. The van der Waals surface area contributed by atoms with Crippen molar-refractivity contribution >= 4 is 5.97 Å². The predicted octanol–water partition coefficient (Wildman–Crippen LogP) is 2.36. The molecule has 0 spiro atoms. The Balaban J connectivity index is 2.35. The summed E-state index contributed by atoms with van der Waals surface area (Å²) in [7, 11) is 0. The van der Waals surface area contributed by atoms with Crippen LogP contribution in [0.1, 0.15) is 23.2 Å². The van der Waals surface area contributed by atoms with Crippen LogP contribution >= 0.6 is 0 Å². The second-order valence-corrected chi connectivity index (χ2v) is 3.55. The number of pyridine rings is 1. The number of carbonyl (C=O) groups excluding carboxylic acids is 1. The molecule has 2 heterocycles. The van der Waals surface area contributed by atoms with Crippen molar-refractivity contribution in [2.45, 2.75) is 13.8 Å². The number of aromatic nitrogens is 2. The SMILES string of the molecule is CCOC(=O)c1cc(-c2ccnc(C)c2F)no1. The van der Waals surface area contributed by atoms with Gasteiger partial charge in [-0.05, 0) is 19.9 Å². The summed E-state index contributed by atoms with van der Waals surface area (Å²) in [5.41, 5.74) is 0.732. The van der Waals surface area contributed by atoms with E-state index in [2.05, 4.69) is 10.1 Å². The second-order valence-electron chi connectivity index (χ2n) is 3.55. The summed E-state index contributed by atoms with van der Waals surface area (Å²) in [5, 5.41) is 3.65. The highest BCUT2D eigenvalue weighted by molar-refractivity contribution is 5.87. The van der Waals surface area contributed by atoms with Gasteiger partial charge in [0.25, 0.3) is 0 Å². The van der Waals surface area contributed by atoms with Gasteiger partial charge in [0, 0.05) is 17.8 Å². The molecule has 0 aromatic carbocycles. The normalized spacial score (nSPS) is 10.4. The van der Waals surface area contributed by atoms with E-state index in [1.807, 2.05) is 0 Å². The molecule has 0 radical (unpaired) electrons. The van der Waals surface area contributed by atoms with E-state index in [0.717, 1.165) is 0 Å². The lowest BCUT2D eigenvalue weighted by Gasteiger charge is -1.99. The molecule has 2 aromatic heterocycles. The van der Waals surface area contributed by atoms with Gasteiger partial charge in [0.15, 0.2) is 5.82 Å². The van der Waals surface area contributed by atoms with E-state index < -0.39 is 11.8 Å². The largest absolute Gasteiger partial charge is 0.460 e. The van der Waals surface area contributed by atoms with E-state index in [1.54, 1.807) is 13.8 Å². The number of carbonyl (C=O) groups is 1. The highest BCUT2D eigenvalue weighted by atomic mass is 19.1. The van der Waals surface area contributed by atoms with Crippen LogP contribution in [-0.2, 0) is 4.74 Å². The summed E-state index contributed by atoms with van der Waals surface area (Å²) < 4.78 is 23.4. The zero-order valence-corrected chi connectivity index (χ0v) is 9.94. The summed E-state index contributed by atoms with van der Waals surface area (Å²) in [6, 6.07) is 2.81. The number of aryl methyl sites for hydroxylation is 1. The molecule has 0 saturated carbocycles. The number of rotatable bonds is 3. The van der Waals surface area contributed by atoms with Crippen molar-refractivity contribution in [2.24, 2.45) is 0 Å². The first kappa shape index (κ1) is 12.2. The van der Waals surface area contributed by atoms with Crippen molar-refractivity contribution in [1.29, 1.82) is 0 Å². The quantitative estimate of drug-likeness (QED) is 0.782. The molecule has 0 aliphatic heterocycles. The minimum Gasteiger partial charge on any atom is -0.460 e. The van der Waals surface area contributed by atoms with Crippen LogP contribution in [0.15, 0.2) is 22.9 Å². The Labute approximate surface area is 103 Å². The van der Waals surface area contributed by atoms with Crippen molar-refractivity contribution in [2.75, 3.05) is 6.61 Å². The molecule has 0 aliphatic rings. The fraction of sp³-hybridized carbons (Fsp3) is 0.250. The number of ether oxygens (including phenoxy) is 1. The number of halogens is 1. The van der Waals surface area contributed by atoms with Crippen LogP contribution in [0.5, 0.6) is 0 Å². The van der Waals surface area contributed by atoms with Crippen LogP contribution in [0.4, 0.5) is 4.39 Å². The minimum atomic E-state index is -0.623. The van der Waals surface area contributed by atoms with Gasteiger partial charge in [-0.1, -0.05) is 5.16 Å². The third-order valence-electron chi connectivity index (χ3n) is 2.33. The molecule has 0 N–H and O–H groups in total. The van der Waals surface area contributed by atoms with E-state index in [9.17, 15) is 9.18 Å². The van der Waals surface area contributed by atoms with Gasteiger partial charge in [-0.25, -0.2) is 9.18 Å². The first-order chi connectivity index (χ1) is 8.63. The van der Waals surface area contributed by atoms with Crippen molar-refractivity contribution in [3.63, 3.8) is 0 Å². The van der Waals surface area contributed by atoms with Crippen molar-refractivity contribution < 1.29 is 18.4 Å². The van der Waals surface area contributed by atoms with Gasteiger partial charge in [-0.2, -0.15) is 0 Å². The average molecular weight is 250 g/mol. The lowest BCUT2D eigenvalue weighted by Crippen LogP contribution is -2.02. The minimum absolute atomic E-state index is 0.0549. The van der Waals surface area contributed by atoms with Crippen LogP contribution in [0.25, 0.3) is 11.3 Å². The Hall–Kier alpha value is -2.24. The third kappa shape index (κ3) is 2.22. The Morgan fingerprint density at radius 2 is 2.33 bits per heavy atom. The molecule has 0 atom stereocenters. The first-order valence-corrected chi connectivity index (χ1v) is 5.38. The van der Waals surface area contributed by atoms with E-state index >= 15 is 0 Å². The molecule has 0 amide bonds. The Bertz CT molecular complexity index is 580. The molecule has 6 heteroatoms. The summed E-state index contributed by atoms with van der Waals surface area (Å²) in [4.78, 5) is 15.2. The van der Waals surface area contributed by atoms with Crippen molar-refractivity contribution in [1.82, 2.24) is 10.1 Å². The van der Waals surface area contributed by atoms with Crippen molar-refractivity contribution in [3.05, 3.63) is 35.6 Å². The molecule has 0 fully saturated rings. The van der Waals surface area contributed by atoms with Crippen LogP contribution < -0.4 is 0 Å². The first-order valence-electron chi connectivity index (χ1n) is 5.38. The van der Waals surface area contributed by atoms with E-state index in [4.69, 9.17) is 9.26 Å². The molecule has 18 heavy (non-hydrogen) atoms.